The number of methoxy groups -OCH3 is 1. The van der Waals surface area contributed by atoms with Crippen LogP contribution in [0.1, 0.15) is 39.0 Å². The Bertz CT molecular complexity index is 249. The van der Waals surface area contributed by atoms with Crippen molar-refractivity contribution in [2.45, 2.75) is 39.0 Å². The molecule has 19 heavy (non-hydrogen) atoms. The first-order chi connectivity index (χ1) is 8.76. The van der Waals surface area contributed by atoms with Crippen molar-refractivity contribution in [3.63, 3.8) is 0 Å². The second kappa shape index (κ2) is 11.8. The smallest absolute Gasteiger partial charge is 0.190 e. The van der Waals surface area contributed by atoms with Crippen LogP contribution in [-0.2, 0) is 4.74 Å². The van der Waals surface area contributed by atoms with Crippen LogP contribution in [0, 0.1) is 11.8 Å². The van der Waals surface area contributed by atoms with E-state index in [1.54, 1.807) is 7.11 Å². The molecule has 2 N–H and O–H groups in total. The fourth-order valence-electron chi connectivity index (χ4n) is 2.63. The van der Waals surface area contributed by atoms with Gasteiger partial charge in [-0.1, -0.05) is 19.8 Å². The van der Waals surface area contributed by atoms with Gasteiger partial charge in [-0.15, -0.1) is 24.0 Å². The van der Waals surface area contributed by atoms with Crippen molar-refractivity contribution in [1.82, 2.24) is 10.6 Å². The first-order valence-electron chi connectivity index (χ1n) is 7.19. The minimum absolute atomic E-state index is 0. The summed E-state index contributed by atoms with van der Waals surface area (Å²) < 4.78 is 5.02. The van der Waals surface area contributed by atoms with Crippen LogP contribution in [0.3, 0.4) is 0 Å². The van der Waals surface area contributed by atoms with Crippen LogP contribution < -0.4 is 10.6 Å². The van der Waals surface area contributed by atoms with Gasteiger partial charge in [-0.25, -0.2) is 0 Å². The summed E-state index contributed by atoms with van der Waals surface area (Å²) in [6.45, 7) is 5.12. The van der Waals surface area contributed by atoms with E-state index in [0.717, 1.165) is 43.9 Å². The minimum atomic E-state index is 0. The maximum Gasteiger partial charge on any atom is 0.190 e. The molecule has 0 aromatic heterocycles. The van der Waals surface area contributed by atoms with Crippen LogP contribution in [0.4, 0.5) is 0 Å². The number of hydrogen-bond donors (Lipinski definition) is 2. The SMILES string of the molecule is CN=C(NCCCOC)NCC1CCCC(C)C1.I. The standard InChI is InChI=1S/C14H29N3O.HI/c1-12-6-4-7-13(10-12)11-17-14(15-2)16-8-5-9-18-3;/h12-13H,4-11H2,1-3H3,(H2,15,16,17);1H. The van der Waals surface area contributed by atoms with E-state index in [0.29, 0.717) is 0 Å². The van der Waals surface area contributed by atoms with Crippen molar-refractivity contribution in [2.75, 3.05) is 33.9 Å². The quantitative estimate of drug-likeness (QED) is 0.321. The summed E-state index contributed by atoms with van der Waals surface area (Å²) in [6, 6.07) is 0. The van der Waals surface area contributed by atoms with Gasteiger partial charge in [0.05, 0.1) is 0 Å². The molecule has 0 aliphatic heterocycles. The van der Waals surface area contributed by atoms with Crippen LogP contribution in [-0.4, -0.2) is 39.8 Å². The van der Waals surface area contributed by atoms with E-state index < -0.39 is 0 Å². The average Bonchev–Trinajstić information content (AvgIpc) is 2.38. The zero-order chi connectivity index (χ0) is 13.2. The van der Waals surface area contributed by atoms with Crippen LogP contribution in [0.5, 0.6) is 0 Å². The lowest BCUT2D eigenvalue weighted by Crippen LogP contribution is -2.41. The van der Waals surface area contributed by atoms with Crippen molar-refractivity contribution in [1.29, 1.82) is 0 Å². The number of halogens is 1. The highest BCUT2D eigenvalue weighted by atomic mass is 127. The molecule has 0 aromatic rings. The molecule has 0 saturated heterocycles. The summed E-state index contributed by atoms with van der Waals surface area (Å²) in [7, 11) is 3.56. The molecule has 1 aliphatic rings. The van der Waals surface area contributed by atoms with Gasteiger partial charge in [-0.2, -0.15) is 0 Å². The Kier molecular flexibility index (Phi) is 11.7. The molecule has 114 valence electrons. The zero-order valence-corrected chi connectivity index (χ0v) is 14.9. The Labute approximate surface area is 135 Å². The van der Waals surface area contributed by atoms with Crippen LogP contribution >= 0.6 is 24.0 Å². The second-order valence-electron chi connectivity index (χ2n) is 5.36. The molecule has 0 aromatic carbocycles. The fraction of sp³-hybridized carbons (Fsp3) is 0.929. The largest absolute Gasteiger partial charge is 0.385 e. The summed E-state index contributed by atoms with van der Waals surface area (Å²) in [4.78, 5) is 4.24. The molecule has 5 heteroatoms. The van der Waals surface area contributed by atoms with Gasteiger partial charge in [0, 0.05) is 33.9 Å². The first-order valence-corrected chi connectivity index (χ1v) is 7.19. The lowest BCUT2D eigenvalue weighted by atomic mass is 9.82. The van der Waals surface area contributed by atoms with E-state index in [-0.39, 0.29) is 24.0 Å². The number of guanidine groups is 1. The van der Waals surface area contributed by atoms with E-state index in [9.17, 15) is 0 Å². The summed E-state index contributed by atoms with van der Waals surface area (Å²) >= 11 is 0. The van der Waals surface area contributed by atoms with Gasteiger partial charge in [0.1, 0.15) is 0 Å². The third-order valence-electron chi connectivity index (χ3n) is 3.64. The predicted octanol–water partition coefficient (Wildman–Crippen LogP) is 2.63. The van der Waals surface area contributed by atoms with E-state index in [2.05, 4.69) is 22.5 Å². The zero-order valence-electron chi connectivity index (χ0n) is 12.6. The van der Waals surface area contributed by atoms with Crippen molar-refractivity contribution >= 4 is 29.9 Å². The molecule has 1 rings (SSSR count). The van der Waals surface area contributed by atoms with Crippen LogP contribution in [0.2, 0.25) is 0 Å². The van der Waals surface area contributed by atoms with E-state index in [4.69, 9.17) is 4.74 Å². The number of ether oxygens (including phenoxy) is 1. The van der Waals surface area contributed by atoms with E-state index in [1.165, 1.54) is 25.7 Å². The lowest BCUT2D eigenvalue weighted by Gasteiger charge is -2.27. The Morgan fingerprint density at radius 3 is 2.74 bits per heavy atom. The molecule has 0 heterocycles. The normalized spacial score (nSPS) is 23.6. The summed E-state index contributed by atoms with van der Waals surface area (Å²) in [5.41, 5.74) is 0. The van der Waals surface area contributed by atoms with Gasteiger partial charge in [-0.05, 0) is 31.1 Å². The van der Waals surface area contributed by atoms with Crippen molar-refractivity contribution in [3.8, 4) is 0 Å². The number of nitrogens with zero attached hydrogens (tertiary/aromatic N) is 1. The molecule has 0 amide bonds. The van der Waals surface area contributed by atoms with Crippen molar-refractivity contribution < 1.29 is 4.74 Å². The van der Waals surface area contributed by atoms with E-state index in [1.807, 2.05) is 7.05 Å². The van der Waals surface area contributed by atoms with Crippen molar-refractivity contribution in [2.24, 2.45) is 16.8 Å². The predicted molar refractivity (Wildman–Crippen MR) is 92.4 cm³/mol. The van der Waals surface area contributed by atoms with Gasteiger partial charge >= 0.3 is 0 Å². The highest BCUT2D eigenvalue weighted by Gasteiger charge is 2.18. The highest BCUT2D eigenvalue weighted by molar-refractivity contribution is 14.0. The molecule has 0 radical (unpaired) electrons. The molecule has 0 spiro atoms. The molecule has 4 nitrogen and oxygen atoms in total. The van der Waals surface area contributed by atoms with Gasteiger partial charge in [-0.3, -0.25) is 4.99 Å². The lowest BCUT2D eigenvalue weighted by molar-refractivity contribution is 0.195. The van der Waals surface area contributed by atoms with E-state index >= 15 is 0 Å². The molecular formula is C14H30IN3O. The van der Waals surface area contributed by atoms with Crippen LogP contribution in [0.25, 0.3) is 0 Å². The summed E-state index contributed by atoms with van der Waals surface area (Å²) in [5.74, 6) is 2.62. The average molecular weight is 383 g/mol. The number of aliphatic imine (C=N–C) groups is 1. The van der Waals surface area contributed by atoms with Crippen LogP contribution in [0.15, 0.2) is 4.99 Å². The third kappa shape index (κ3) is 8.68. The minimum Gasteiger partial charge on any atom is -0.385 e. The molecule has 1 fully saturated rings. The maximum absolute atomic E-state index is 5.02. The Morgan fingerprint density at radius 2 is 2.11 bits per heavy atom. The Morgan fingerprint density at radius 1 is 1.32 bits per heavy atom. The highest BCUT2D eigenvalue weighted by Crippen LogP contribution is 2.27. The molecule has 2 atom stereocenters. The maximum atomic E-state index is 5.02. The topological polar surface area (TPSA) is 45.7 Å². The van der Waals surface area contributed by atoms with Gasteiger partial charge in [0.15, 0.2) is 5.96 Å². The first kappa shape index (κ1) is 19.0. The number of hydrogen-bond acceptors (Lipinski definition) is 2. The van der Waals surface area contributed by atoms with Crippen molar-refractivity contribution in [3.05, 3.63) is 0 Å². The van der Waals surface area contributed by atoms with Gasteiger partial charge in [0.25, 0.3) is 0 Å². The monoisotopic (exact) mass is 383 g/mol. The molecule has 0 bridgehead atoms. The van der Waals surface area contributed by atoms with Gasteiger partial charge < -0.3 is 15.4 Å². The van der Waals surface area contributed by atoms with Gasteiger partial charge in [0.2, 0.25) is 0 Å². The number of nitrogens with one attached hydrogen (secondary N) is 2. The molecular weight excluding hydrogens is 353 g/mol. The molecule has 1 aliphatic carbocycles. The Hall–Kier alpha value is -0.0400. The summed E-state index contributed by atoms with van der Waals surface area (Å²) in [6.07, 6.45) is 6.51. The third-order valence-corrected chi connectivity index (χ3v) is 3.64. The molecule has 2 unspecified atom stereocenters. The summed E-state index contributed by atoms with van der Waals surface area (Å²) in [5, 5.41) is 6.75. The molecule has 1 saturated carbocycles. The Balaban J connectivity index is 0.00000324. The number of rotatable bonds is 6. The fourth-order valence-corrected chi connectivity index (χ4v) is 2.63. The second-order valence-corrected chi connectivity index (χ2v) is 5.36.